The molecule has 4 nitrogen and oxygen atoms in total. The molecule has 0 atom stereocenters. The highest BCUT2D eigenvalue weighted by molar-refractivity contribution is 6.15. The first-order valence-electron chi connectivity index (χ1n) is 7.78. The molecule has 0 radical (unpaired) electrons. The van der Waals surface area contributed by atoms with Crippen molar-refractivity contribution in [2.45, 2.75) is 24.9 Å². The molecule has 0 spiro atoms. The Hall–Kier alpha value is -2.46. The van der Waals surface area contributed by atoms with Crippen molar-refractivity contribution in [2.75, 3.05) is 6.54 Å². The molecule has 0 unspecified atom stereocenters. The normalized spacial score (nSPS) is 15.5. The van der Waals surface area contributed by atoms with Gasteiger partial charge in [-0.3, -0.25) is 9.59 Å². The summed E-state index contributed by atoms with van der Waals surface area (Å²) in [6, 6.07) is 15.7. The maximum absolute atomic E-state index is 12.6. The molecular weight excluding hydrogens is 290 g/mol. The lowest BCUT2D eigenvalue weighted by atomic mass is 9.80. The van der Waals surface area contributed by atoms with E-state index in [4.69, 9.17) is 0 Å². The smallest absolute Gasteiger partial charge is 0.252 e. The van der Waals surface area contributed by atoms with Gasteiger partial charge in [0, 0.05) is 17.7 Å². The van der Waals surface area contributed by atoms with Crippen molar-refractivity contribution >= 4 is 11.7 Å². The standard InChI is InChI=1S/C19H19NO3/c21-17(14-7-2-1-3-8-14)15-9-4-5-10-16(15)18(22)20-13-19(23)11-6-12-19/h1-5,7-10,23H,6,11-13H2,(H,20,22). The average Bonchev–Trinajstić information content (AvgIpc) is 2.58. The van der Waals surface area contributed by atoms with E-state index in [1.807, 2.05) is 6.07 Å². The molecule has 2 N–H and O–H groups in total. The molecular formula is C19H19NO3. The molecule has 4 heteroatoms. The highest BCUT2D eigenvalue weighted by atomic mass is 16.3. The van der Waals surface area contributed by atoms with Crippen molar-refractivity contribution in [1.82, 2.24) is 5.32 Å². The fourth-order valence-electron chi connectivity index (χ4n) is 2.73. The number of aliphatic hydroxyl groups is 1. The van der Waals surface area contributed by atoms with Crippen LogP contribution in [0.15, 0.2) is 54.6 Å². The predicted octanol–water partition coefficient (Wildman–Crippen LogP) is 2.56. The summed E-state index contributed by atoms with van der Waals surface area (Å²) in [7, 11) is 0. The molecule has 1 aliphatic carbocycles. The third kappa shape index (κ3) is 3.32. The first kappa shape index (κ1) is 15.4. The first-order chi connectivity index (χ1) is 11.1. The van der Waals surface area contributed by atoms with Gasteiger partial charge in [-0.2, -0.15) is 0 Å². The molecule has 2 aromatic rings. The fraction of sp³-hybridized carbons (Fsp3) is 0.263. The second-order valence-corrected chi connectivity index (χ2v) is 6.00. The number of carbonyl (C=O) groups excluding carboxylic acids is 2. The van der Waals surface area contributed by atoms with Crippen LogP contribution in [-0.4, -0.2) is 28.9 Å². The number of carbonyl (C=O) groups is 2. The minimum Gasteiger partial charge on any atom is -0.388 e. The zero-order chi connectivity index (χ0) is 16.3. The lowest BCUT2D eigenvalue weighted by molar-refractivity contribution is -0.0300. The topological polar surface area (TPSA) is 66.4 Å². The Balaban J connectivity index is 1.80. The van der Waals surface area contributed by atoms with Gasteiger partial charge in [-0.15, -0.1) is 0 Å². The van der Waals surface area contributed by atoms with Gasteiger partial charge < -0.3 is 10.4 Å². The summed E-state index contributed by atoms with van der Waals surface area (Å²) >= 11 is 0. The fourth-order valence-corrected chi connectivity index (χ4v) is 2.73. The van der Waals surface area contributed by atoms with Crippen LogP contribution in [0.4, 0.5) is 0 Å². The molecule has 1 amide bonds. The van der Waals surface area contributed by atoms with E-state index in [1.165, 1.54) is 0 Å². The zero-order valence-electron chi connectivity index (χ0n) is 12.8. The lowest BCUT2D eigenvalue weighted by Gasteiger charge is -2.36. The van der Waals surface area contributed by atoms with E-state index in [2.05, 4.69) is 5.32 Å². The Morgan fingerprint density at radius 1 is 0.957 bits per heavy atom. The summed E-state index contributed by atoms with van der Waals surface area (Å²) in [5, 5.41) is 12.8. The molecule has 1 aliphatic rings. The SMILES string of the molecule is O=C(NCC1(O)CCC1)c1ccccc1C(=O)c1ccccc1. The van der Waals surface area contributed by atoms with Crippen molar-refractivity contribution in [3.8, 4) is 0 Å². The molecule has 0 heterocycles. The van der Waals surface area contributed by atoms with Crippen LogP contribution < -0.4 is 5.32 Å². The van der Waals surface area contributed by atoms with Crippen molar-refractivity contribution in [1.29, 1.82) is 0 Å². The van der Waals surface area contributed by atoms with E-state index in [-0.39, 0.29) is 18.2 Å². The van der Waals surface area contributed by atoms with Gasteiger partial charge in [-0.1, -0.05) is 48.5 Å². The van der Waals surface area contributed by atoms with Gasteiger partial charge in [0.1, 0.15) is 0 Å². The minimum absolute atomic E-state index is 0.182. The summed E-state index contributed by atoms with van der Waals surface area (Å²) in [5.41, 5.74) is 0.472. The van der Waals surface area contributed by atoms with E-state index in [0.29, 0.717) is 29.5 Å². The maximum atomic E-state index is 12.6. The van der Waals surface area contributed by atoms with Crippen LogP contribution in [0.25, 0.3) is 0 Å². The quantitative estimate of drug-likeness (QED) is 0.834. The van der Waals surface area contributed by atoms with E-state index in [9.17, 15) is 14.7 Å². The number of nitrogens with one attached hydrogen (secondary N) is 1. The first-order valence-corrected chi connectivity index (χ1v) is 7.78. The Morgan fingerprint density at radius 2 is 1.57 bits per heavy atom. The number of amides is 1. The van der Waals surface area contributed by atoms with E-state index >= 15 is 0 Å². The monoisotopic (exact) mass is 309 g/mol. The molecule has 0 saturated heterocycles. The molecule has 0 aliphatic heterocycles. The lowest BCUT2D eigenvalue weighted by Crippen LogP contribution is -2.47. The number of hydrogen-bond donors (Lipinski definition) is 2. The third-order valence-electron chi connectivity index (χ3n) is 4.31. The van der Waals surface area contributed by atoms with E-state index in [0.717, 1.165) is 6.42 Å². The Kier molecular flexibility index (Phi) is 4.26. The Morgan fingerprint density at radius 3 is 2.17 bits per heavy atom. The summed E-state index contributed by atoms with van der Waals surface area (Å²) in [5.74, 6) is -0.510. The highest BCUT2D eigenvalue weighted by Gasteiger charge is 2.34. The predicted molar refractivity (Wildman–Crippen MR) is 87.5 cm³/mol. The number of rotatable bonds is 5. The van der Waals surface area contributed by atoms with E-state index in [1.54, 1.807) is 48.5 Å². The Bertz CT molecular complexity index is 720. The van der Waals surface area contributed by atoms with Crippen LogP contribution >= 0.6 is 0 Å². The van der Waals surface area contributed by atoms with Crippen LogP contribution in [0.2, 0.25) is 0 Å². The molecule has 3 rings (SSSR count). The number of hydrogen-bond acceptors (Lipinski definition) is 3. The molecule has 0 bridgehead atoms. The minimum atomic E-state index is -0.784. The molecule has 2 aromatic carbocycles. The zero-order valence-corrected chi connectivity index (χ0v) is 12.8. The molecule has 23 heavy (non-hydrogen) atoms. The largest absolute Gasteiger partial charge is 0.388 e. The van der Waals surface area contributed by atoms with Gasteiger partial charge in [-0.25, -0.2) is 0 Å². The van der Waals surface area contributed by atoms with Crippen LogP contribution in [-0.2, 0) is 0 Å². The number of ketones is 1. The summed E-state index contributed by atoms with van der Waals surface area (Å²) in [6.45, 7) is 0.222. The molecule has 1 fully saturated rings. The molecule has 0 aromatic heterocycles. The second kappa shape index (κ2) is 6.34. The summed E-state index contributed by atoms with van der Waals surface area (Å²) < 4.78 is 0. The molecule has 118 valence electrons. The van der Waals surface area contributed by atoms with Crippen LogP contribution in [0, 0.1) is 0 Å². The van der Waals surface area contributed by atoms with Crippen molar-refractivity contribution in [3.05, 3.63) is 71.3 Å². The second-order valence-electron chi connectivity index (χ2n) is 6.00. The van der Waals surface area contributed by atoms with Crippen LogP contribution in [0.1, 0.15) is 45.5 Å². The summed E-state index contributed by atoms with van der Waals surface area (Å²) in [6.07, 6.45) is 2.39. The maximum Gasteiger partial charge on any atom is 0.252 e. The van der Waals surface area contributed by atoms with Crippen molar-refractivity contribution in [3.63, 3.8) is 0 Å². The highest BCUT2D eigenvalue weighted by Crippen LogP contribution is 2.30. The summed E-state index contributed by atoms with van der Waals surface area (Å²) in [4.78, 5) is 25.0. The average molecular weight is 309 g/mol. The van der Waals surface area contributed by atoms with Crippen LogP contribution in [0.3, 0.4) is 0 Å². The Labute approximate surface area is 135 Å². The number of benzene rings is 2. The van der Waals surface area contributed by atoms with Gasteiger partial charge in [0.2, 0.25) is 0 Å². The van der Waals surface area contributed by atoms with Crippen molar-refractivity contribution in [2.24, 2.45) is 0 Å². The van der Waals surface area contributed by atoms with Gasteiger partial charge in [-0.05, 0) is 25.3 Å². The third-order valence-corrected chi connectivity index (χ3v) is 4.31. The van der Waals surface area contributed by atoms with Gasteiger partial charge in [0.15, 0.2) is 5.78 Å². The van der Waals surface area contributed by atoms with Crippen molar-refractivity contribution < 1.29 is 14.7 Å². The molecule has 1 saturated carbocycles. The van der Waals surface area contributed by atoms with Gasteiger partial charge >= 0.3 is 0 Å². The van der Waals surface area contributed by atoms with Crippen LogP contribution in [0.5, 0.6) is 0 Å². The van der Waals surface area contributed by atoms with E-state index < -0.39 is 5.60 Å². The van der Waals surface area contributed by atoms with Gasteiger partial charge in [0.05, 0.1) is 11.2 Å². The van der Waals surface area contributed by atoms with Gasteiger partial charge in [0.25, 0.3) is 5.91 Å².